The molecule has 2 fully saturated rings. The molecule has 1 unspecified atom stereocenters. The third-order valence-corrected chi connectivity index (χ3v) is 5.32. The zero-order chi connectivity index (χ0) is 18.7. The summed E-state index contributed by atoms with van der Waals surface area (Å²) in [6.45, 7) is 1.71. The van der Waals surface area contributed by atoms with E-state index in [1.165, 1.54) is 17.5 Å². The van der Waals surface area contributed by atoms with E-state index in [1.54, 1.807) is 0 Å². The minimum Gasteiger partial charge on any atom is -0.480 e. The van der Waals surface area contributed by atoms with Gasteiger partial charge in [0.15, 0.2) is 0 Å². The Morgan fingerprint density at radius 3 is 2.42 bits per heavy atom. The smallest absolute Gasteiger partial charge is 0.317 e. The van der Waals surface area contributed by atoms with Gasteiger partial charge in [-0.3, -0.25) is 24.2 Å². The monoisotopic (exact) mass is 359 g/mol. The molecule has 2 N–H and O–H groups in total. The molecule has 1 atom stereocenters. The largest absolute Gasteiger partial charge is 0.480 e. The van der Waals surface area contributed by atoms with Gasteiger partial charge in [-0.25, -0.2) is 0 Å². The lowest BCUT2D eigenvalue weighted by Gasteiger charge is -2.31. The average Bonchev–Trinajstić information content (AvgIpc) is 2.63. The van der Waals surface area contributed by atoms with E-state index in [-0.39, 0.29) is 24.4 Å². The molecule has 0 saturated carbocycles. The highest BCUT2D eigenvalue weighted by atomic mass is 16.4. The number of carbonyl (C=O) groups excluding carboxylic acids is 2. The van der Waals surface area contributed by atoms with Gasteiger partial charge in [-0.1, -0.05) is 12.1 Å². The Kier molecular flexibility index (Phi) is 5.56. The fraction of sp³-hybridized carbons (Fsp3) is 0.526. The fourth-order valence-electron chi connectivity index (χ4n) is 3.72. The maximum absolute atomic E-state index is 12.2. The van der Waals surface area contributed by atoms with Crippen LogP contribution in [0.3, 0.4) is 0 Å². The van der Waals surface area contributed by atoms with Crippen LogP contribution < -0.4 is 5.32 Å². The third kappa shape index (κ3) is 4.22. The van der Waals surface area contributed by atoms with E-state index in [0.29, 0.717) is 18.8 Å². The molecule has 0 aromatic heterocycles. The van der Waals surface area contributed by atoms with Crippen LogP contribution in [0.4, 0.5) is 5.69 Å². The molecule has 0 aliphatic carbocycles. The van der Waals surface area contributed by atoms with Gasteiger partial charge < -0.3 is 10.4 Å². The first kappa shape index (κ1) is 18.4. The molecule has 1 aromatic rings. The molecule has 3 rings (SSSR count). The fourth-order valence-corrected chi connectivity index (χ4v) is 3.72. The van der Waals surface area contributed by atoms with Gasteiger partial charge in [0.2, 0.25) is 5.91 Å². The van der Waals surface area contributed by atoms with Gasteiger partial charge >= 0.3 is 5.97 Å². The minimum atomic E-state index is -0.775. The number of amides is 2. The maximum atomic E-state index is 12.2. The highest BCUT2D eigenvalue weighted by Crippen LogP contribution is 2.29. The Morgan fingerprint density at radius 2 is 1.81 bits per heavy atom. The first-order valence-electron chi connectivity index (χ1n) is 9.05. The summed E-state index contributed by atoms with van der Waals surface area (Å²) in [6.07, 6.45) is 2.81. The van der Waals surface area contributed by atoms with Crippen molar-refractivity contribution >= 4 is 23.5 Å². The standard InChI is InChI=1S/C19H25N3O4/c1-21-17(23)7-6-16(19(21)26)20-15-4-2-13(3-5-15)14-8-10-22(11-9-14)12-18(24)25/h2-5,14,16,20H,6-12H2,1H3,(H,24,25). The van der Waals surface area contributed by atoms with Crippen LogP contribution in [0.25, 0.3) is 0 Å². The number of nitrogens with one attached hydrogen (secondary N) is 1. The Labute approximate surface area is 153 Å². The van der Waals surface area contributed by atoms with Crippen molar-refractivity contribution in [2.24, 2.45) is 0 Å². The third-order valence-electron chi connectivity index (χ3n) is 5.32. The molecule has 2 heterocycles. The summed E-state index contributed by atoms with van der Waals surface area (Å²) < 4.78 is 0. The number of anilines is 1. The van der Waals surface area contributed by atoms with E-state index in [9.17, 15) is 14.4 Å². The molecule has 0 spiro atoms. The Hall–Kier alpha value is -2.41. The quantitative estimate of drug-likeness (QED) is 0.775. The highest BCUT2D eigenvalue weighted by Gasteiger charge is 2.31. The van der Waals surface area contributed by atoms with Crippen molar-refractivity contribution in [2.75, 3.05) is 32.0 Å². The number of rotatable bonds is 5. The Morgan fingerprint density at radius 1 is 1.15 bits per heavy atom. The minimum absolute atomic E-state index is 0.113. The number of piperidine rings is 2. The molecular weight excluding hydrogens is 334 g/mol. The van der Waals surface area contributed by atoms with Gasteiger partial charge in [-0.2, -0.15) is 0 Å². The number of carbonyl (C=O) groups is 3. The van der Waals surface area contributed by atoms with Crippen LogP contribution in [-0.4, -0.2) is 65.4 Å². The second kappa shape index (κ2) is 7.86. The summed E-state index contributed by atoms with van der Waals surface area (Å²) in [4.78, 5) is 37.7. The maximum Gasteiger partial charge on any atom is 0.317 e. The van der Waals surface area contributed by atoms with E-state index in [4.69, 9.17) is 5.11 Å². The van der Waals surface area contributed by atoms with Crippen LogP contribution >= 0.6 is 0 Å². The molecule has 7 heteroatoms. The molecule has 26 heavy (non-hydrogen) atoms. The summed E-state index contributed by atoms with van der Waals surface area (Å²) in [5.74, 6) is -0.647. The molecule has 0 radical (unpaired) electrons. The molecule has 1 aromatic carbocycles. The van der Waals surface area contributed by atoms with Gasteiger partial charge in [0, 0.05) is 19.2 Å². The van der Waals surface area contributed by atoms with E-state index < -0.39 is 5.97 Å². The van der Waals surface area contributed by atoms with E-state index in [2.05, 4.69) is 17.4 Å². The van der Waals surface area contributed by atoms with E-state index >= 15 is 0 Å². The summed E-state index contributed by atoms with van der Waals surface area (Å²) >= 11 is 0. The van der Waals surface area contributed by atoms with E-state index in [0.717, 1.165) is 31.6 Å². The van der Waals surface area contributed by atoms with Crippen LogP contribution in [0, 0.1) is 0 Å². The van der Waals surface area contributed by atoms with Gasteiger partial charge in [-0.15, -0.1) is 0 Å². The molecule has 7 nitrogen and oxygen atoms in total. The molecule has 2 amide bonds. The Bertz CT molecular complexity index is 681. The van der Waals surface area contributed by atoms with Crippen LogP contribution in [-0.2, 0) is 14.4 Å². The molecule has 2 aliphatic heterocycles. The first-order valence-corrected chi connectivity index (χ1v) is 9.05. The number of nitrogens with zero attached hydrogens (tertiary/aromatic N) is 2. The van der Waals surface area contributed by atoms with Gasteiger partial charge in [0.1, 0.15) is 6.04 Å². The number of hydrogen-bond acceptors (Lipinski definition) is 5. The van der Waals surface area contributed by atoms with Crippen LogP contribution in [0.2, 0.25) is 0 Å². The Balaban J connectivity index is 1.55. The molecule has 140 valence electrons. The second-order valence-electron chi connectivity index (χ2n) is 7.09. The number of likely N-dealkylation sites (N-methyl/N-ethyl adjacent to an activating group) is 1. The molecular formula is C19H25N3O4. The number of likely N-dealkylation sites (tertiary alicyclic amines) is 2. The normalized spacial score (nSPS) is 22.5. The lowest BCUT2D eigenvalue weighted by atomic mass is 9.89. The molecule has 2 saturated heterocycles. The van der Waals surface area contributed by atoms with Crippen molar-refractivity contribution in [2.45, 2.75) is 37.6 Å². The van der Waals surface area contributed by atoms with Gasteiger partial charge in [0.05, 0.1) is 6.54 Å². The predicted molar refractivity (Wildman–Crippen MR) is 96.9 cm³/mol. The average molecular weight is 359 g/mol. The van der Waals surface area contributed by atoms with Gasteiger partial charge in [0.25, 0.3) is 5.91 Å². The number of carboxylic acids is 1. The summed E-state index contributed by atoms with van der Waals surface area (Å²) in [5, 5.41) is 12.1. The SMILES string of the molecule is CN1C(=O)CCC(Nc2ccc(C3CCN(CC(=O)O)CC3)cc2)C1=O. The van der Waals surface area contributed by atoms with Crippen molar-refractivity contribution in [3.05, 3.63) is 29.8 Å². The lowest BCUT2D eigenvalue weighted by molar-refractivity contribution is -0.147. The molecule has 2 aliphatic rings. The summed E-state index contributed by atoms with van der Waals surface area (Å²) in [5.41, 5.74) is 2.12. The van der Waals surface area contributed by atoms with Crippen molar-refractivity contribution in [3.63, 3.8) is 0 Å². The van der Waals surface area contributed by atoms with Crippen LogP contribution in [0.1, 0.15) is 37.2 Å². The number of carboxylic acid groups (broad SMARTS) is 1. The summed E-state index contributed by atoms with van der Waals surface area (Å²) in [6, 6.07) is 7.73. The van der Waals surface area contributed by atoms with Crippen LogP contribution in [0.5, 0.6) is 0 Å². The summed E-state index contributed by atoms with van der Waals surface area (Å²) in [7, 11) is 1.53. The second-order valence-corrected chi connectivity index (χ2v) is 7.09. The van der Waals surface area contributed by atoms with Gasteiger partial charge in [-0.05, 0) is 56.0 Å². The predicted octanol–water partition coefficient (Wildman–Crippen LogP) is 1.51. The highest BCUT2D eigenvalue weighted by molar-refractivity contribution is 6.01. The zero-order valence-electron chi connectivity index (χ0n) is 15.0. The molecule has 0 bridgehead atoms. The van der Waals surface area contributed by atoms with Crippen molar-refractivity contribution in [3.8, 4) is 0 Å². The van der Waals surface area contributed by atoms with Crippen molar-refractivity contribution in [1.82, 2.24) is 9.80 Å². The lowest BCUT2D eigenvalue weighted by Crippen LogP contribution is -2.48. The number of imide groups is 1. The number of hydrogen-bond donors (Lipinski definition) is 2. The number of benzene rings is 1. The van der Waals surface area contributed by atoms with Crippen molar-refractivity contribution < 1.29 is 19.5 Å². The van der Waals surface area contributed by atoms with Crippen LogP contribution in [0.15, 0.2) is 24.3 Å². The topological polar surface area (TPSA) is 90.0 Å². The zero-order valence-corrected chi connectivity index (χ0v) is 15.0. The first-order chi connectivity index (χ1) is 12.4. The van der Waals surface area contributed by atoms with Crippen molar-refractivity contribution in [1.29, 1.82) is 0 Å². The number of aliphatic carboxylic acids is 1. The van der Waals surface area contributed by atoms with E-state index in [1.807, 2.05) is 17.0 Å².